The molecule has 0 aliphatic rings. The molecule has 96 valence electrons. The molecule has 0 spiro atoms. The van der Waals surface area contributed by atoms with Crippen LogP contribution in [0, 0.1) is 0 Å². The summed E-state index contributed by atoms with van der Waals surface area (Å²) in [5.74, 6) is -0.0115. The molecule has 0 radical (unpaired) electrons. The van der Waals surface area contributed by atoms with Gasteiger partial charge in [0, 0.05) is 32.1 Å². The van der Waals surface area contributed by atoms with Crippen LogP contribution in [0.3, 0.4) is 0 Å². The lowest BCUT2D eigenvalue weighted by atomic mass is 10.3. The van der Waals surface area contributed by atoms with Gasteiger partial charge in [0.25, 0.3) is 0 Å². The topological polar surface area (TPSA) is 70.5 Å². The molecule has 0 unspecified atom stereocenters. The molecule has 5 nitrogen and oxygen atoms in total. The Morgan fingerprint density at radius 3 is 2.53 bits per heavy atom. The van der Waals surface area contributed by atoms with Gasteiger partial charge in [-0.3, -0.25) is 4.98 Å². The van der Waals surface area contributed by atoms with Crippen LogP contribution in [-0.4, -0.2) is 41.7 Å². The van der Waals surface area contributed by atoms with Gasteiger partial charge >= 0.3 is 0 Å². The normalized spacial score (nSPS) is 11.9. The molecule has 1 heterocycles. The molecule has 0 bridgehead atoms. The summed E-state index contributed by atoms with van der Waals surface area (Å²) in [6.45, 7) is 2.48. The minimum atomic E-state index is -3.28. The van der Waals surface area contributed by atoms with Crippen LogP contribution < -0.4 is 0 Å². The number of hydrogen-bond donors (Lipinski definition) is 1. The third kappa shape index (κ3) is 4.41. The first-order valence-corrected chi connectivity index (χ1v) is 7.18. The van der Waals surface area contributed by atoms with Gasteiger partial charge in [-0.1, -0.05) is 6.92 Å². The summed E-state index contributed by atoms with van der Waals surface area (Å²) < 4.78 is 25.3. The lowest BCUT2D eigenvalue weighted by Gasteiger charge is -2.20. The van der Waals surface area contributed by atoms with Gasteiger partial charge in [-0.15, -0.1) is 0 Å². The zero-order valence-corrected chi connectivity index (χ0v) is 10.7. The highest BCUT2D eigenvalue weighted by molar-refractivity contribution is 7.89. The van der Waals surface area contributed by atoms with Crippen LogP contribution in [0.15, 0.2) is 24.5 Å². The van der Waals surface area contributed by atoms with Gasteiger partial charge in [-0.25, -0.2) is 8.42 Å². The number of hydrogen-bond acceptors (Lipinski definition) is 4. The Balaban J connectivity index is 2.72. The van der Waals surface area contributed by atoms with Gasteiger partial charge in [0.2, 0.25) is 10.0 Å². The maximum atomic E-state index is 11.9. The largest absolute Gasteiger partial charge is 0.396 e. The van der Waals surface area contributed by atoms with E-state index in [9.17, 15) is 8.42 Å². The predicted octanol–water partition coefficient (Wildman–Crippen LogP) is 0.616. The fourth-order valence-corrected chi connectivity index (χ4v) is 2.97. The number of aliphatic hydroxyl groups excluding tert-OH is 1. The van der Waals surface area contributed by atoms with Crippen molar-refractivity contribution in [2.45, 2.75) is 19.9 Å². The van der Waals surface area contributed by atoms with Gasteiger partial charge in [0.1, 0.15) is 0 Å². The molecule has 0 aliphatic carbocycles. The van der Waals surface area contributed by atoms with Gasteiger partial charge in [-0.2, -0.15) is 4.31 Å². The molecule has 1 aromatic rings. The van der Waals surface area contributed by atoms with Gasteiger partial charge in [0.05, 0.1) is 5.75 Å². The standard InChI is InChI=1S/C11H18N2O3S/c1-2-13(17(15,16)9-3-8-14)10-11-4-6-12-7-5-11/h4-7,14H,2-3,8-10H2,1H3. The van der Waals surface area contributed by atoms with Crippen LogP contribution in [0.25, 0.3) is 0 Å². The van der Waals surface area contributed by atoms with Crippen LogP contribution in [-0.2, 0) is 16.6 Å². The summed E-state index contributed by atoms with van der Waals surface area (Å²) in [5, 5.41) is 8.68. The molecule has 1 aromatic heterocycles. The van der Waals surface area contributed by atoms with Crippen molar-refractivity contribution in [3.05, 3.63) is 30.1 Å². The highest BCUT2D eigenvalue weighted by Gasteiger charge is 2.19. The Morgan fingerprint density at radius 2 is 2.00 bits per heavy atom. The average molecular weight is 258 g/mol. The number of aromatic nitrogens is 1. The van der Waals surface area contributed by atoms with E-state index in [2.05, 4.69) is 4.98 Å². The summed E-state index contributed by atoms with van der Waals surface area (Å²) in [6.07, 6.45) is 3.56. The molecule has 0 fully saturated rings. The molecular formula is C11H18N2O3S. The van der Waals surface area contributed by atoms with E-state index in [0.717, 1.165) is 5.56 Å². The van der Waals surface area contributed by atoms with E-state index in [-0.39, 0.29) is 18.8 Å². The Hall–Kier alpha value is -0.980. The smallest absolute Gasteiger partial charge is 0.214 e. The first-order valence-electron chi connectivity index (χ1n) is 5.57. The molecule has 0 aromatic carbocycles. The van der Waals surface area contributed by atoms with Crippen LogP contribution in [0.2, 0.25) is 0 Å². The monoisotopic (exact) mass is 258 g/mol. The molecule has 0 saturated carbocycles. The van der Waals surface area contributed by atoms with E-state index in [1.165, 1.54) is 4.31 Å². The third-order valence-corrected chi connectivity index (χ3v) is 4.39. The van der Waals surface area contributed by atoms with E-state index in [1.807, 2.05) is 0 Å². The number of nitrogens with zero attached hydrogens (tertiary/aromatic N) is 2. The van der Waals surface area contributed by atoms with Gasteiger partial charge in [-0.05, 0) is 24.1 Å². The lowest BCUT2D eigenvalue weighted by Crippen LogP contribution is -2.32. The van der Waals surface area contributed by atoms with E-state index in [4.69, 9.17) is 5.11 Å². The van der Waals surface area contributed by atoms with Crippen molar-refractivity contribution in [2.24, 2.45) is 0 Å². The van der Waals surface area contributed by atoms with Crippen molar-refractivity contribution in [1.29, 1.82) is 0 Å². The molecule has 6 heteroatoms. The Kier molecular flexibility index (Phi) is 5.54. The average Bonchev–Trinajstić information content (AvgIpc) is 2.34. The second-order valence-electron chi connectivity index (χ2n) is 3.67. The van der Waals surface area contributed by atoms with E-state index < -0.39 is 10.0 Å². The molecular weight excluding hydrogens is 240 g/mol. The van der Waals surface area contributed by atoms with Crippen LogP contribution in [0.5, 0.6) is 0 Å². The van der Waals surface area contributed by atoms with Crippen molar-refractivity contribution < 1.29 is 13.5 Å². The number of pyridine rings is 1. The van der Waals surface area contributed by atoms with Crippen LogP contribution in [0.4, 0.5) is 0 Å². The Bertz CT molecular complexity index is 420. The number of sulfonamides is 1. The quantitative estimate of drug-likeness (QED) is 0.778. The summed E-state index contributed by atoms with van der Waals surface area (Å²) in [4.78, 5) is 3.89. The first-order chi connectivity index (χ1) is 8.10. The van der Waals surface area contributed by atoms with Crippen molar-refractivity contribution in [2.75, 3.05) is 18.9 Å². The van der Waals surface area contributed by atoms with E-state index >= 15 is 0 Å². The first kappa shape index (κ1) is 14.1. The SMILES string of the molecule is CCN(Cc1ccncc1)S(=O)(=O)CCCO. The summed E-state index contributed by atoms with van der Waals surface area (Å²) in [5.41, 5.74) is 0.912. The fourth-order valence-electron chi connectivity index (χ4n) is 1.47. The van der Waals surface area contributed by atoms with E-state index in [1.54, 1.807) is 31.5 Å². The van der Waals surface area contributed by atoms with Gasteiger partial charge < -0.3 is 5.11 Å². The van der Waals surface area contributed by atoms with Crippen molar-refractivity contribution in [3.8, 4) is 0 Å². The second kappa shape index (κ2) is 6.68. The molecule has 0 saturated heterocycles. The second-order valence-corrected chi connectivity index (χ2v) is 5.76. The summed E-state index contributed by atoms with van der Waals surface area (Å²) in [7, 11) is -3.28. The third-order valence-electron chi connectivity index (χ3n) is 2.41. The molecule has 0 aliphatic heterocycles. The van der Waals surface area contributed by atoms with Crippen LogP contribution >= 0.6 is 0 Å². The molecule has 17 heavy (non-hydrogen) atoms. The zero-order valence-electron chi connectivity index (χ0n) is 9.91. The minimum absolute atomic E-state index is 0.0115. The van der Waals surface area contributed by atoms with Crippen molar-refractivity contribution in [1.82, 2.24) is 9.29 Å². The van der Waals surface area contributed by atoms with Crippen LogP contribution in [0.1, 0.15) is 18.9 Å². The Labute approximate surface area is 102 Å². The lowest BCUT2D eigenvalue weighted by molar-refractivity contribution is 0.294. The predicted molar refractivity (Wildman–Crippen MR) is 65.8 cm³/mol. The Morgan fingerprint density at radius 1 is 1.35 bits per heavy atom. The maximum absolute atomic E-state index is 11.9. The highest BCUT2D eigenvalue weighted by Crippen LogP contribution is 2.09. The maximum Gasteiger partial charge on any atom is 0.214 e. The number of aliphatic hydroxyl groups is 1. The summed E-state index contributed by atoms with van der Waals surface area (Å²) in [6, 6.07) is 3.59. The molecule has 0 atom stereocenters. The number of rotatable bonds is 7. The fraction of sp³-hybridized carbons (Fsp3) is 0.545. The zero-order chi connectivity index (χ0) is 12.7. The minimum Gasteiger partial charge on any atom is -0.396 e. The molecule has 1 N–H and O–H groups in total. The van der Waals surface area contributed by atoms with Crippen molar-refractivity contribution >= 4 is 10.0 Å². The molecule has 1 rings (SSSR count). The van der Waals surface area contributed by atoms with Gasteiger partial charge in [0.15, 0.2) is 0 Å². The highest BCUT2D eigenvalue weighted by atomic mass is 32.2. The summed E-state index contributed by atoms with van der Waals surface area (Å²) >= 11 is 0. The van der Waals surface area contributed by atoms with E-state index in [0.29, 0.717) is 13.1 Å². The molecule has 0 amide bonds. The van der Waals surface area contributed by atoms with Crippen molar-refractivity contribution in [3.63, 3.8) is 0 Å².